The van der Waals surface area contributed by atoms with E-state index in [1.165, 1.54) is 0 Å². The monoisotopic (exact) mass is 341 g/mol. The standard InChI is InChI=1S/C17H21Cl2NO2/c18-12-7-5-11(6-8-12)16(19)13-9-10-20(17(13)22)14-3-1-2-4-15(14)21/h5-8,13-16,21H,1-4,9-10H2. The zero-order valence-corrected chi connectivity index (χ0v) is 13.9. The van der Waals surface area contributed by atoms with E-state index in [0.29, 0.717) is 11.6 Å². The van der Waals surface area contributed by atoms with Crippen molar-refractivity contribution in [3.63, 3.8) is 0 Å². The van der Waals surface area contributed by atoms with E-state index in [-0.39, 0.29) is 29.3 Å². The summed E-state index contributed by atoms with van der Waals surface area (Å²) >= 11 is 12.4. The summed E-state index contributed by atoms with van der Waals surface area (Å²) in [5, 5.41) is 10.5. The van der Waals surface area contributed by atoms with E-state index in [2.05, 4.69) is 0 Å². The van der Waals surface area contributed by atoms with Crippen LogP contribution in [0, 0.1) is 5.92 Å². The number of amides is 1. The SMILES string of the molecule is O=C1C(C(Cl)c2ccc(Cl)cc2)CCN1C1CCCCC1O. The number of hydrogen-bond donors (Lipinski definition) is 1. The Labute approximate surface area is 141 Å². The van der Waals surface area contributed by atoms with Crippen LogP contribution in [0.4, 0.5) is 0 Å². The van der Waals surface area contributed by atoms with Gasteiger partial charge in [-0.2, -0.15) is 0 Å². The average Bonchev–Trinajstić information content (AvgIpc) is 2.89. The van der Waals surface area contributed by atoms with Crippen molar-refractivity contribution in [2.45, 2.75) is 49.6 Å². The third kappa shape index (κ3) is 3.12. The molecule has 3 rings (SSSR count). The van der Waals surface area contributed by atoms with Gasteiger partial charge in [0.2, 0.25) is 5.91 Å². The fourth-order valence-electron chi connectivity index (χ4n) is 3.66. The predicted octanol–water partition coefficient (Wildman–Crippen LogP) is 3.77. The van der Waals surface area contributed by atoms with Gasteiger partial charge in [0.05, 0.1) is 23.4 Å². The molecular formula is C17H21Cl2NO2. The van der Waals surface area contributed by atoms with Gasteiger partial charge in [0, 0.05) is 11.6 Å². The number of likely N-dealkylation sites (tertiary alicyclic amines) is 1. The maximum Gasteiger partial charge on any atom is 0.227 e. The number of halogens is 2. The van der Waals surface area contributed by atoms with Crippen LogP contribution in [0.25, 0.3) is 0 Å². The lowest BCUT2D eigenvalue weighted by Gasteiger charge is -2.35. The molecular weight excluding hydrogens is 321 g/mol. The second-order valence-electron chi connectivity index (χ2n) is 6.30. The molecule has 1 amide bonds. The summed E-state index contributed by atoms with van der Waals surface area (Å²) < 4.78 is 0. The van der Waals surface area contributed by atoms with Crippen LogP contribution in [0.1, 0.15) is 43.0 Å². The first-order valence-corrected chi connectivity index (χ1v) is 8.77. The third-order valence-electron chi connectivity index (χ3n) is 4.92. The molecule has 2 aliphatic rings. The van der Waals surface area contributed by atoms with Gasteiger partial charge in [-0.1, -0.05) is 36.6 Å². The molecule has 2 fully saturated rings. The molecule has 1 aliphatic heterocycles. The van der Waals surface area contributed by atoms with E-state index in [9.17, 15) is 9.90 Å². The van der Waals surface area contributed by atoms with E-state index >= 15 is 0 Å². The van der Waals surface area contributed by atoms with Gasteiger partial charge in [-0.25, -0.2) is 0 Å². The number of alkyl halides is 1. The molecule has 0 radical (unpaired) electrons. The van der Waals surface area contributed by atoms with Crippen LogP contribution in [0.3, 0.4) is 0 Å². The molecule has 0 bridgehead atoms. The normalized spacial score (nSPS) is 30.6. The van der Waals surface area contributed by atoms with Crippen molar-refractivity contribution in [2.24, 2.45) is 5.92 Å². The molecule has 5 heteroatoms. The highest BCUT2D eigenvalue weighted by Crippen LogP contribution is 2.38. The van der Waals surface area contributed by atoms with Gasteiger partial charge < -0.3 is 10.0 Å². The van der Waals surface area contributed by atoms with Crippen LogP contribution < -0.4 is 0 Å². The highest BCUT2D eigenvalue weighted by molar-refractivity contribution is 6.30. The second-order valence-corrected chi connectivity index (χ2v) is 7.21. The summed E-state index contributed by atoms with van der Waals surface area (Å²) in [6.45, 7) is 0.696. The molecule has 1 saturated heterocycles. The van der Waals surface area contributed by atoms with Crippen molar-refractivity contribution in [1.29, 1.82) is 0 Å². The first kappa shape index (κ1) is 16.1. The minimum atomic E-state index is -0.388. The zero-order chi connectivity index (χ0) is 15.7. The molecule has 22 heavy (non-hydrogen) atoms. The molecule has 1 aromatic rings. The Kier molecular flexibility index (Phi) is 4.96. The van der Waals surface area contributed by atoms with E-state index in [4.69, 9.17) is 23.2 Å². The highest BCUT2D eigenvalue weighted by Gasteiger charge is 2.42. The molecule has 1 aromatic carbocycles. The van der Waals surface area contributed by atoms with Gasteiger partial charge in [-0.15, -0.1) is 11.6 Å². The van der Waals surface area contributed by atoms with Gasteiger partial charge in [-0.3, -0.25) is 4.79 Å². The molecule has 0 spiro atoms. The Morgan fingerprint density at radius 3 is 2.50 bits per heavy atom. The lowest BCUT2D eigenvalue weighted by molar-refractivity contribution is -0.136. The van der Waals surface area contributed by atoms with E-state index in [0.717, 1.165) is 37.7 Å². The summed E-state index contributed by atoms with van der Waals surface area (Å²) in [7, 11) is 0. The zero-order valence-electron chi connectivity index (χ0n) is 12.4. The fraction of sp³-hybridized carbons (Fsp3) is 0.588. The van der Waals surface area contributed by atoms with Crippen molar-refractivity contribution in [3.8, 4) is 0 Å². The molecule has 1 aliphatic carbocycles. The van der Waals surface area contributed by atoms with Crippen molar-refractivity contribution in [1.82, 2.24) is 4.90 Å². The van der Waals surface area contributed by atoms with Gasteiger partial charge in [0.25, 0.3) is 0 Å². The quantitative estimate of drug-likeness (QED) is 0.850. The van der Waals surface area contributed by atoms with E-state index in [1.54, 1.807) is 12.1 Å². The number of nitrogens with zero attached hydrogens (tertiary/aromatic N) is 1. The van der Waals surface area contributed by atoms with Crippen molar-refractivity contribution >= 4 is 29.1 Å². The number of hydrogen-bond acceptors (Lipinski definition) is 2. The van der Waals surface area contributed by atoms with Crippen LogP contribution >= 0.6 is 23.2 Å². The summed E-state index contributed by atoms with van der Waals surface area (Å²) in [5.74, 6) is -0.127. The maximum absolute atomic E-state index is 12.7. The van der Waals surface area contributed by atoms with Crippen LogP contribution in [-0.2, 0) is 4.79 Å². The number of carbonyl (C=O) groups is 1. The number of benzene rings is 1. The largest absolute Gasteiger partial charge is 0.391 e. The Hall–Kier alpha value is -0.770. The maximum atomic E-state index is 12.7. The first-order chi connectivity index (χ1) is 10.6. The molecule has 1 saturated carbocycles. The molecule has 3 nitrogen and oxygen atoms in total. The lowest BCUT2D eigenvalue weighted by atomic mass is 9.91. The number of aliphatic hydroxyl groups excluding tert-OH is 1. The highest BCUT2D eigenvalue weighted by atomic mass is 35.5. The van der Waals surface area contributed by atoms with Crippen LogP contribution in [0.15, 0.2) is 24.3 Å². The van der Waals surface area contributed by atoms with Crippen LogP contribution in [0.2, 0.25) is 5.02 Å². The van der Waals surface area contributed by atoms with Crippen molar-refractivity contribution in [2.75, 3.05) is 6.54 Å². The summed E-state index contributed by atoms with van der Waals surface area (Å²) in [6.07, 6.45) is 4.18. The minimum absolute atomic E-state index is 0.0275. The Morgan fingerprint density at radius 2 is 1.82 bits per heavy atom. The number of carbonyl (C=O) groups excluding carboxylic acids is 1. The first-order valence-electron chi connectivity index (χ1n) is 7.96. The molecule has 4 unspecified atom stereocenters. The number of rotatable bonds is 3. The molecule has 1 N–H and O–H groups in total. The number of aliphatic hydroxyl groups is 1. The van der Waals surface area contributed by atoms with Gasteiger partial charge in [0.1, 0.15) is 0 Å². The third-order valence-corrected chi connectivity index (χ3v) is 5.73. The van der Waals surface area contributed by atoms with Crippen molar-refractivity contribution in [3.05, 3.63) is 34.9 Å². The smallest absolute Gasteiger partial charge is 0.227 e. The summed E-state index contributed by atoms with van der Waals surface area (Å²) in [4.78, 5) is 14.6. The van der Waals surface area contributed by atoms with Crippen LogP contribution in [-0.4, -0.2) is 34.6 Å². The van der Waals surface area contributed by atoms with Gasteiger partial charge >= 0.3 is 0 Å². The predicted molar refractivity (Wildman–Crippen MR) is 88.1 cm³/mol. The lowest BCUT2D eigenvalue weighted by Crippen LogP contribution is -2.46. The van der Waals surface area contributed by atoms with E-state index in [1.807, 2.05) is 17.0 Å². The van der Waals surface area contributed by atoms with Crippen LogP contribution in [0.5, 0.6) is 0 Å². The molecule has 1 heterocycles. The second kappa shape index (κ2) is 6.77. The topological polar surface area (TPSA) is 40.5 Å². The van der Waals surface area contributed by atoms with Gasteiger partial charge in [0.15, 0.2) is 0 Å². The van der Waals surface area contributed by atoms with E-state index < -0.39 is 0 Å². The van der Waals surface area contributed by atoms with Crippen molar-refractivity contribution < 1.29 is 9.90 Å². The Balaban J connectivity index is 1.71. The molecule has 120 valence electrons. The Morgan fingerprint density at radius 1 is 1.14 bits per heavy atom. The molecule has 0 aromatic heterocycles. The van der Waals surface area contributed by atoms with Gasteiger partial charge in [-0.05, 0) is 37.0 Å². The average molecular weight is 342 g/mol. The minimum Gasteiger partial charge on any atom is -0.391 e. The Bertz CT molecular complexity index is 534. The fourth-order valence-corrected chi connectivity index (χ4v) is 4.17. The summed E-state index contributed by atoms with van der Waals surface area (Å²) in [5.41, 5.74) is 0.926. The molecule has 4 atom stereocenters. The summed E-state index contributed by atoms with van der Waals surface area (Å²) in [6, 6.07) is 7.33.